The maximum absolute atomic E-state index is 11.4. The van der Waals surface area contributed by atoms with Crippen molar-refractivity contribution in [1.29, 1.82) is 0 Å². The Hall–Kier alpha value is -1.02. The third kappa shape index (κ3) is 4.67. The van der Waals surface area contributed by atoms with Crippen molar-refractivity contribution in [3.05, 3.63) is 34.9 Å². The molecule has 0 aliphatic rings. The summed E-state index contributed by atoms with van der Waals surface area (Å²) in [5, 5.41) is 0.690. The van der Waals surface area contributed by atoms with Crippen molar-refractivity contribution in [2.75, 3.05) is 0 Å². The van der Waals surface area contributed by atoms with Crippen LogP contribution < -0.4 is 0 Å². The van der Waals surface area contributed by atoms with E-state index in [1.807, 2.05) is 19.1 Å². The van der Waals surface area contributed by atoms with Gasteiger partial charge in [0, 0.05) is 11.4 Å². The second kappa shape index (κ2) is 6.54. The van der Waals surface area contributed by atoms with Crippen LogP contribution in [0.15, 0.2) is 24.3 Å². The maximum atomic E-state index is 11.4. The highest BCUT2D eigenvalue weighted by Crippen LogP contribution is 2.12. The molecule has 0 saturated carbocycles. The Bertz CT molecular complexity index is 332. The molecule has 0 heterocycles. The summed E-state index contributed by atoms with van der Waals surface area (Å²) in [6.45, 7) is 4.44. The molecule has 0 amide bonds. The van der Waals surface area contributed by atoms with Crippen LogP contribution in [0.5, 0.6) is 0 Å². The average Bonchev–Trinajstić information content (AvgIpc) is 2.28. The lowest BCUT2D eigenvalue weighted by atomic mass is 10.1. The van der Waals surface area contributed by atoms with E-state index in [1.165, 1.54) is 0 Å². The summed E-state index contributed by atoms with van der Waals surface area (Å²) >= 11 is 5.75. The predicted molar refractivity (Wildman–Crippen MR) is 65.3 cm³/mol. The Morgan fingerprint density at radius 1 is 1.38 bits per heavy atom. The first-order valence-electron chi connectivity index (χ1n) is 5.52. The minimum absolute atomic E-state index is 0.135. The third-order valence-electron chi connectivity index (χ3n) is 2.53. The van der Waals surface area contributed by atoms with E-state index in [-0.39, 0.29) is 5.97 Å². The van der Waals surface area contributed by atoms with E-state index in [2.05, 4.69) is 6.92 Å². The van der Waals surface area contributed by atoms with Crippen molar-refractivity contribution in [2.24, 2.45) is 5.92 Å². The standard InChI is InChI=1S/C13H17ClO2/c1-3-10(2)8-13(15)16-9-11-4-6-12(14)7-5-11/h4-7,10H,3,8-9H2,1-2H3. The molecule has 1 atom stereocenters. The second-order valence-corrected chi connectivity index (χ2v) is 4.44. The van der Waals surface area contributed by atoms with Crippen LogP contribution in [-0.4, -0.2) is 5.97 Å². The molecule has 0 aliphatic carbocycles. The summed E-state index contributed by atoms with van der Waals surface area (Å²) in [5.41, 5.74) is 0.960. The van der Waals surface area contributed by atoms with Crippen LogP contribution in [0.4, 0.5) is 0 Å². The van der Waals surface area contributed by atoms with Gasteiger partial charge in [0.05, 0.1) is 0 Å². The van der Waals surface area contributed by atoms with E-state index in [9.17, 15) is 4.79 Å². The average molecular weight is 241 g/mol. The summed E-state index contributed by atoms with van der Waals surface area (Å²) < 4.78 is 5.16. The van der Waals surface area contributed by atoms with Crippen LogP contribution in [0.1, 0.15) is 32.3 Å². The lowest BCUT2D eigenvalue weighted by Gasteiger charge is -2.08. The molecule has 0 N–H and O–H groups in total. The van der Waals surface area contributed by atoms with E-state index in [4.69, 9.17) is 16.3 Å². The molecule has 0 aliphatic heterocycles. The smallest absolute Gasteiger partial charge is 0.306 e. The molecule has 0 radical (unpaired) electrons. The predicted octanol–water partition coefficient (Wildman–Crippen LogP) is 3.82. The zero-order chi connectivity index (χ0) is 12.0. The topological polar surface area (TPSA) is 26.3 Å². The van der Waals surface area contributed by atoms with Gasteiger partial charge in [0.2, 0.25) is 0 Å². The van der Waals surface area contributed by atoms with Gasteiger partial charge in [-0.3, -0.25) is 4.79 Å². The number of esters is 1. The number of carbonyl (C=O) groups excluding carboxylic acids is 1. The van der Waals surface area contributed by atoms with Crippen LogP contribution in [0, 0.1) is 5.92 Å². The number of ether oxygens (including phenoxy) is 1. The first kappa shape index (κ1) is 13.0. The van der Waals surface area contributed by atoms with Gasteiger partial charge in [0.15, 0.2) is 0 Å². The highest BCUT2D eigenvalue weighted by molar-refractivity contribution is 6.30. The summed E-state index contributed by atoms with van der Waals surface area (Å²) in [4.78, 5) is 11.4. The van der Waals surface area contributed by atoms with Gasteiger partial charge in [-0.25, -0.2) is 0 Å². The molecule has 1 aromatic rings. The molecule has 2 nitrogen and oxygen atoms in total. The monoisotopic (exact) mass is 240 g/mol. The fourth-order valence-electron chi connectivity index (χ4n) is 1.23. The van der Waals surface area contributed by atoms with Gasteiger partial charge in [-0.15, -0.1) is 0 Å². The molecule has 0 aromatic heterocycles. The first-order chi connectivity index (χ1) is 7.61. The third-order valence-corrected chi connectivity index (χ3v) is 2.78. The molecule has 0 saturated heterocycles. The van der Waals surface area contributed by atoms with Crippen molar-refractivity contribution in [1.82, 2.24) is 0 Å². The van der Waals surface area contributed by atoms with E-state index in [1.54, 1.807) is 12.1 Å². The zero-order valence-electron chi connectivity index (χ0n) is 9.70. The van der Waals surface area contributed by atoms with E-state index >= 15 is 0 Å². The second-order valence-electron chi connectivity index (χ2n) is 4.00. The quantitative estimate of drug-likeness (QED) is 0.732. The summed E-state index contributed by atoms with van der Waals surface area (Å²) in [7, 11) is 0. The van der Waals surface area contributed by atoms with E-state index in [0.29, 0.717) is 24.0 Å². The van der Waals surface area contributed by atoms with Gasteiger partial charge >= 0.3 is 5.97 Å². The van der Waals surface area contributed by atoms with Crippen molar-refractivity contribution in [2.45, 2.75) is 33.3 Å². The largest absolute Gasteiger partial charge is 0.461 e. The maximum Gasteiger partial charge on any atom is 0.306 e. The number of halogens is 1. The highest BCUT2D eigenvalue weighted by atomic mass is 35.5. The number of hydrogen-bond donors (Lipinski definition) is 0. The molecule has 88 valence electrons. The summed E-state index contributed by atoms with van der Waals surface area (Å²) in [5.74, 6) is 0.252. The Labute approximate surface area is 102 Å². The molecule has 16 heavy (non-hydrogen) atoms. The Balaban J connectivity index is 2.34. The molecular formula is C13H17ClO2. The minimum atomic E-state index is -0.135. The zero-order valence-corrected chi connectivity index (χ0v) is 10.5. The number of benzene rings is 1. The van der Waals surface area contributed by atoms with Crippen LogP contribution in [-0.2, 0) is 16.1 Å². The van der Waals surface area contributed by atoms with Gasteiger partial charge in [-0.05, 0) is 23.6 Å². The van der Waals surface area contributed by atoms with Crippen molar-refractivity contribution < 1.29 is 9.53 Å². The van der Waals surface area contributed by atoms with Crippen molar-refractivity contribution in [3.8, 4) is 0 Å². The van der Waals surface area contributed by atoms with Gasteiger partial charge in [0.25, 0.3) is 0 Å². The molecule has 3 heteroatoms. The molecule has 0 spiro atoms. The lowest BCUT2D eigenvalue weighted by Crippen LogP contribution is -2.08. The van der Waals surface area contributed by atoms with Crippen molar-refractivity contribution in [3.63, 3.8) is 0 Å². The number of carbonyl (C=O) groups is 1. The van der Waals surface area contributed by atoms with Gasteiger partial charge in [-0.1, -0.05) is 44.0 Å². The Morgan fingerprint density at radius 3 is 2.56 bits per heavy atom. The summed E-state index contributed by atoms with van der Waals surface area (Å²) in [6, 6.07) is 7.30. The van der Waals surface area contributed by atoms with Gasteiger partial charge < -0.3 is 4.74 Å². The highest BCUT2D eigenvalue weighted by Gasteiger charge is 2.08. The summed E-state index contributed by atoms with van der Waals surface area (Å²) in [6.07, 6.45) is 1.49. The molecule has 0 bridgehead atoms. The van der Waals surface area contributed by atoms with Crippen molar-refractivity contribution >= 4 is 17.6 Å². The first-order valence-corrected chi connectivity index (χ1v) is 5.89. The molecule has 1 rings (SSSR count). The Morgan fingerprint density at radius 2 is 2.00 bits per heavy atom. The van der Waals surface area contributed by atoms with Crippen LogP contribution in [0.2, 0.25) is 5.02 Å². The van der Waals surface area contributed by atoms with Crippen LogP contribution >= 0.6 is 11.6 Å². The SMILES string of the molecule is CCC(C)CC(=O)OCc1ccc(Cl)cc1. The molecule has 1 unspecified atom stereocenters. The molecule has 0 fully saturated rings. The van der Waals surface area contributed by atoms with Crippen LogP contribution in [0.3, 0.4) is 0 Å². The van der Waals surface area contributed by atoms with E-state index in [0.717, 1.165) is 12.0 Å². The van der Waals surface area contributed by atoms with E-state index < -0.39 is 0 Å². The minimum Gasteiger partial charge on any atom is -0.461 e. The number of rotatable bonds is 5. The molecule has 1 aromatic carbocycles. The van der Waals surface area contributed by atoms with Gasteiger partial charge in [-0.2, -0.15) is 0 Å². The fraction of sp³-hybridized carbons (Fsp3) is 0.462. The number of hydrogen-bond acceptors (Lipinski definition) is 2. The van der Waals surface area contributed by atoms with Crippen LogP contribution in [0.25, 0.3) is 0 Å². The Kier molecular flexibility index (Phi) is 5.33. The molecular weight excluding hydrogens is 224 g/mol. The normalized spacial score (nSPS) is 12.2. The fourth-order valence-corrected chi connectivity index (χ4v) is 1.36. The van der Waals surface area contributed by atoms with Gasteiger partial charge in [0.1, 0.15) is 6.61 Å². The lowest BCUT2D eigenvalue weighted by molar-refractivity contribution is -0.146.